The van der Waals surface area contributed by atoms with Crippen molar-refractivity contribution in [3.05, 3.63) is 38.8 Å². The van der Waals surface area contributed by atoms with Crippen LogP contribution >= 0.6 is 31.9 Å². The predicted octanol–water partition coefficient (Wildman–Crippen LogP) is 5.21. The van der Waals surface area contributed by atoms with Crippen LogP contribution in [0.25, 0.3) is 10.8 Å². The van der Waals surface area contributed by atoms with E-state index in [1.54, 1.807) is 0 Å². The van der Waals surface area contributed by atoms with Gasteiger partial charge in [-0.3, -0.25) is 0 Å². The topological polar surface area (TPSA) is 26.0 Å². The number of nitrogens with two attached hydrogens (primary N) is 1. The minimum atomic E-state index is 0.718. The second-order valence-electron chi connectivity index (χ2n) is 4.65. The normalized spacial score (nSPS) is 16.1. The van der Waals surface area contributed by atoms with Gasteiger partial charge in [0.25, 0.3) is 0 Å². The molecule has 0 aromatic heterocycles. The van der Waals surface area contributed by atoms with E-state index in [1.807, 2.05) is 0 Å². The lowest BCUT2D eigenvalue weighted by Crippen LogP contribution is -2.09. The molecule has 0 bridgehead atoms. The molecule has 17 heavy (non-hydrogen) atoms. The van der Waals surface area contributed by atoms with Crippen LogP contribution in [0.5, 0.6) is 0 Å². The Bertz CT molecular complexity index is 588. The number of hydrogen-bond donors (Lipinski definition) is 1. The zero-order valence-electron chi connectivity index (χ0n) is 9.34. The lowest BCUT2D eigenvalue weighted by Gasteiger charge is -2.27. The molecule has 1 aliphatic carbocycles. The fourth-order valence-corrected chi connectivity index (χ4v) is 3.93. The first-order chi connectivity index (χ1) is 8.18. The Morgan fingerprint density at radius 2 is 1.88 bits per heavy atom. The average Bonchev–Trinajstić information content (AvgIpc) is 2.23. The predicted molar refractivity (Wildman–Crippen MR) is 80.4 cm³/mol. The summed E-state index contributed by atoms with van der Waals surface area (Å²) in [7, 11) is 0. The molecule has 1 nitrogen and oxygen atoms in total. The molecule has 88 valence electrons. The van der Waals surface area contributed by atoms with Crippen molar-refractivity contribution in [2.24, 2.45) is 0 Å². The lowest BCUT2D eigenvalue weighted by molar-refractivity contribution is 0.422. The van der Waals surface area contributed by atoms with Crippen molar-refractivity contribution in [1.29, 1.82) is 0 Å². The van der Waals surface area contributed by atoms with Gasteiger partial charge in [-0.2, -0.15) is 0 Å². The van der Waals surface area contributed by atoms with E-state index >= 15 is 0 Å². The first kappa shape index (κ1) is 11.5. The van der Waals surface area contributed by atoms with Crippen LogP contribution in [0.2, 0.25) is 0 Å². The number of hydrogen-bond acceptors (Lipinski definition) is 1. The Morgan fingerprint density at radius 1 is 1.12 bits per heavy atom. The van der Waals surface area contributed by atoms with Crippen LogP contribution in [0.1, 0.15) is 30.7 Å². The molecule has 0 atom stereocenters. The van der Waals surface area contributed by atoms with Crippen LogP contribution in [0.15, 0.2) is 33.2 Å². The fourth-order valence-electron chi connectivity index (χ4n) is 2.51. The van der Waals surface area contributed by atoms with Gasteiger partial charge in [0.15, 0.2) is 0 Å². The summed E-state index contributed by atoms with van der Waals surface area (Å²) in [6.07, 6.45) is 3.97. The highest BCUT2D eigenvalue weighted by Gasteiger charge is 2.22. The molecule has 1 saturated carbocycles. The first-order valence-electron chi connectivity index (χ1n) is 5.84. The van der Waals surface area contributed by atoms with Crippen LogP contribution < -0.4 is 5.73 Å². The zero-order valence-corrected chi connectivity index (χ0v) is 12.5. The molecule has 0 saturated heterocycles. The highest BCUT2D eigenvalue weighted by Crippen LogP contribution is 2.44. The third kappa shape index (κ3) is 1.80. The van der Waals surface area contributed by atoms with E-state index in [9.17, 15) is 0 Å². The summed E-state index contributed by atoms with van der Waals surface area (Å²) in [5.74, 6) is 0.718. The van der Waals surface area contributed by atoms with Gasteiger partial charge in [0.05, 0.1) is 5.69 Å². The minimum absolute atomic E-state index is 0.718. The van der Waals surface area contributed by atoms with E-state index in [-0.39, 0.29) is 0 Å². The molecule has 0 amide bonds. The fraction of sp³-hybridized carbons (Fsp3) is 0.286. The van der Waals surface area contributed by atoms with E-state index in [1.165, 1.54) is 30.2 Å². The monoisotopic (exact) mass is 353 g/mol. The molecule has 0 radical (unpaired) electrons. The van der Waals surface area contributed by atoms with Gasteiger partial charge in [0.2, 0.25) is 0 Å². The summed E-state index contributed by atoms with van der Waals surface area (Å²) in [6.45, 7) is 0. The van der Waals surface area contributed by atoms with E-state index < -0.39 is 0 Å². The quantitative estimate of drug-likeness (QED) is 0.698. The van der Waals surface area contributed by atoms with Gasteiger partial charge in [-0.25, -0.2) is 0 Å². The molecule has 3 rings (SSSR count). The molecule has 0 heterocycles. The van der Waals surface area contributed by atoms with Crippen molar-refractivity contribution in [3.8, 4) is 0 Å². The van der Waals surface area contributed by atoms with Crippen LogP contribution in [-0.4, -0.2) is 0 Å². The van der Waals surface area contributed by atoms with Crippen molar-refractivity contribution in [2.75, 3.05) is 5.73 Å². The van der Waals surface area contributed by atoms with Gasteiger partial charge < -0.3 is 5.73 Å². The van der Waals surface area contributed by atoms with E-state index in [0.29, 0.717) is 0 Å². The molecule has 3 heteroatoms. The van der Waals surface area contributed by atoms with E-state index in [2.05, 4.69) is 56.1 Å². The highest BCUT2D eigenvalue weighted by molar-refractivity contribution is 9.11. The number of rotatable bonds is 1. The Labute approximate surface area is 118 Å². The molecule has 2 aromatic rings. The standard InChI is InChI=1S/C14H13Br2N/c15-11-7-12(16)14(17)10-6-2-5-9(13(10)11)8-3-1-4-8/h2,5-8H,1,3-4,17H2. The Kier molecular flexibility index (Phi) is 2.91. The highest BCUT2D eigenvalue weighted by atomic mass is 79.9. The number of fused-ring (bicyclic) bond motifs is 1. The molecular formula is C14H13Br2N. The molecular weight excluding hydrogens is 342 g/mol. The van der Waals surface area contributed by atoms with Crippen LogP contribution in [0.4, 0.5) is 5.69 Å². The number of nitrogen functional groups attached to an aromatic ring is 1. The lowest BCUT2D eigenvalue weighted by atomic mass is 9.78. The molecule has 0 unspecified atom stereocenters. The van der Waals surface area contributed by atoms with Gasteiger partial charge in [0.1, 0.15) is 0 Å². The molecule has 0 spiro atoms. The Hall–Kier alpha value is -0.540. The summed E-state index contributed by atoms with van der Waals surface area (Å²) in [5.41, 5.74) is 8.43. The van der Waals surface area contributed by atoms with Crippen molar-refractivity contribution < 1.29 is 0 Å². The van der Waals surface area contributed by atoms with Crippen molar-refractivity contribution >= 4 is 48.3 Å². The molecule has 1 aliphatic rings. The van der Waals surface area contributed by atoms with Gasteiger partial charge >= 0.3 is 0 Å². The molecule has 2 N–H and O–H groups in total. The summed E-state index contributed by atoms with van der Waals surface area (Å²) < 4.78 is 2.10. The zero-order chi connectivity index (χ0) is 12.0. The second-order valence-corrected chi connectivity index (χ2v) is 6.36. The second kappa shape index (κ2) is 4.29. The third-order valence-electron chi connectivity index (χ3n) is 3.68. The summed E-state index contributed by atoms with van der Waals surface area (Å²) in [4.78, 5) is 0. The molecule has 1 fully saturated rings. The number of benzene rings is 2. The van der Waals surface area contributed by atoms with Crippen LogP contribution in [0, 0.1) is 0 Å². The SMILES string of the molecule is Nc1c(Br)cc(Br)c2c(C3CCC3)cccc12. The summed E-state index contributed by atoms with van der Waals surface area (Å²) in [6, 6.07) is 8.51. The van der Waals surface area contributed by atoms with Crippen LogP contribution in [0.3, 0.4) is 0 Å². The average molecular weight is 355 g/mol. The number of halogens is 2. The maximum Gasteiger partial charge on any atom is 0.0539 e. The third-order valence-corrected chi connectivity index (χ3v) is 4.96. The van der Waals surface area contributed by atoms with Gasteiger partial charge in [0, 0.05) is 19.7 Å². The van der Waals surface area contributed by atoms with Gasteiger partial charge in [-0.1, -0.05) is 40.5 Å². The maximum atomic E-state index is 6.15. The van der Waals surface area contributed by atoms with Crippen molar-refractivity contribution in [2.45, 2.75) is 25.2 Å². The van der Waals surface area contributed by atoms with Gasteiger partial charge in [-0.15, -0.1) is 0 Å². The van der Waals surface area contributed by atoms with E-state index in [4.69, 9.17) is 5.73 Å². The van der Waals surface area contributed by atoms with E-state index in [0.717, 1.165) is 25.9 Å². The smallest absolute Gasteiger partial charge is 0.0539 e. The molecule has 0 aliphatic heterocycles. The van der Waals surface area contributed by atoms with Crippen molar-refractivity contribution in [1.82, 2.24) is 0 Å². The first-order valence-corrected chi connectivity index (χ1v) is 7.43. The Morgan fingerprint density at radius 3 is 2.53 bits per heavy atom. The maximum absolute atomic E-state index is 6.15. The molecule has 2 aromatic carbocycles. The number of anilines is 1. The Balaban J connectivity index is 2.34. The van der Waals surface area contributed by atoms with Gasteiger partial charge in [-0.05, 0) is 46.3 Å². The van der Waals surface area contributed by atoms with Crippen LogP contribution in [-0.2, 0) is 0 Å². The largest absolute Gasteiger partial charge is 0.397 e. The summed E-state index contributed by atoms with van der Waals surface area (Å²) in [5, 5.41) is 2.44. The van der Waals surface area contributed by atoms with Crippen molar-refractivity contribution in [3.63, 3.8) is 0 Å². The summed E-state index contributed by atoms with van der Waals surface area (Å²) >= 11 is 7.17. The minimum Gasteiger partial charge on any atom is -0.397 e.